The Labute approximate surface area is 225 Å². The fourth-order valence-corrected chi connectivity index (χ4v) is 6.17. The largest absolute Gasteiger partial charge is 0.462 e. The smallest absolute Gasteiger partial charge is 0.339 e. The number of aryl methyl sites for hydroxylation is 1. The number of ether oxygens (including phenoxy) is 1. The summed E-state index contributed by atoms with van der Waals surface area (Å²) in [6.45, 7) is 7.57. The van der Waals surface area contributed by atoms with Crippen molar-refractivity contribution < 1.29 is 19.1 Å². The quantitative estimate of drug-likeness (QED) is 0.507. The number of halogens is 2. The van der Waals surface area contributed by atoms with Crippen LogP contribution in [0.2, 0.25) is 10.0 Å². The molecule has 1 atom stereocenters. The fraction of sp³-hybridized carbons (Fsp3) is 0.321. The SMILES string of the molecule is CCOC(=O)C1=C(N)N(c2cccc(Cl)c2Cl)C2=C(C(=O)CC(C)(C)C2)C12C(=O)Nc1ccc(C)cc12. The molecule has 3 N–H and O–H groups in total. The topological polar surface area (TPSA) is 102 Å². The normalized spacial score (nSPS) is 22.3. The highest BCUT2D eigenvalue weighted by Gasteiger charge is 2.63. The van der Waals surface area contributed by atoms with Crippen molar-refractivity contribution in [3.8, 4) is 0 Å². The highest BCUT2D eigenvalue weighted by Crippen LogP contribution is 2.58. The van der Waals surface area contributed by atoms with Crippen molar-refractivity contribution >= 4 is 52.2 Å². The molecule has 1 aliphatic carbocycles. The summed E-state index contributed by atoms with van der Waals surface area (Å²) in [5, 5.41) is 3.39. The fourth-order valence-electron chi connectivity index (χ4n) is 5.79. The minimum Gasteiger partial charge on any atom is -0.462 e. The van der Waals surface area contributed by atoms with Crippen LogP contribution in [-0.4, -0.2) is 24.3 Å². The average Bonchev–Trinajstić information content (AvgIpc) is 3.07. The summed E-state index contributed by atoms with van der Waals surface area (Å²) in [6.07, 6.45) is 0.596. The molecule has 7 nitrogen and oxygen atoms in total. The van der Waals surface area contributed by atoms with Crippen LogP contribution in [0.4, 0.5) is 11.4 Å². The van der Waals surface area contributed by atoms with Gasteiger partial charge in [0.2, 0.25) is 5.91 Å². The second-order valence-corrected chi connectivity index (χ2v) is 11.2. The van der Waals surface area contributed by atoms with Gasteiger partial charge in [0.15, 0.2) is 5.78 Å². The van der Waals surface area contributed by atoms with Crippen molar-refractivity contribution in [3.63, 3.8) is 0 Å². The van der Waals surface area contributed by atoms with Gasteiger partial charge < -0.3 is 15.8 Å². The van der Waals surface area contributed by atoms with Crippen LogP contribution in [0.1, 0.15) is 44.7 Å². The molecule has 2 aromatic carbocycles. The first-order chi connectivity index (χ1) is 17.4. The van der Waals surface area contributed by atoms with Gasteiger partial charge in [0.05, 0.1) is 22.3 Å². The number of fused-ring (bicyclic) bond motifs is 3. The first-order valence-electron chi connectivity index (χ1n) is 12.0. The van der Waals surface area contributed by atoms with Gasteiger partial charge in [-0.15, -0.1) is 0 Å². The van der Waals surface area contributed by atoms with Gasteiger partial charge in [-0.1, -0.05) is 60.8 Å². The standard InChI is InChI=1S/C28H27Cl2N3O4/c1-5-37-25(35)22-24(31)33(18-8-6-7-16(29)23(18)30)19-12-27(3,4)13-20(34)21(19)28(22)15-11-14(2)9-10-17(15)32-26(28)36/h6-11H,5,12-13,31H2,1-4H3,(H,32,36). The molecule has 1 spiro atoms. The zero-order valence-corrected chi connectivity index (χ0v) is 22.5. The average molecular weight is 540 g/mol. The molecular weight excluding hydrogens is 513 g/mol. The number of nitrogens with one attached hydrogen (secondary N) is 1. The summed E-state index contributed by atoms with van der Waals surface area (Å²) in [5.74, 6) is -1.57. The molecule has 0 saturated heterocycles. The van der Waals surface area contributed by atoms with Crippen molar-refractivity contribution in [2.45, 2.75) is 46.0 Å². The summed E-state index contributed by atoms with van der Waals surface area (Å²) < 4.78 is 5.45. The Hall–Kier alpha value is -3.29. The molecule has 2 aliphatic heterocycles. The van der Waals surface area contributed by atoms with Crippen LogP contribution in [0.25, 0.3) is 0 Å². The monoisotopic (exact) mass is 539 g/mol. The Balaban J connectivity index is 1.95. The highest BCUT2D eigenvalue weighted by atomic mass is 35.5. The molecule has 2 heterocycles. The van der Waals surface area contributed by atoms with Crippen LogP contribution in [0.15, 0.2) is 59.1 Å². The molecule has 0 bridgehead atoms. The third-order valence-corrected chi connectivity index (χ3v) is 8.00. The number of hydrogen-bond donors (Lipinski definition) is 2. The number of nitrogens with zero attached hydrogens (tertiary/aromatic N) is 1. The lowest BCUT2D eigenvalue weighted by Crippen LogP contribution is -2.54. The lowest BCUT2D eigenvalue weighted by Gasteiger charge is -2.47. The molecule has 0 fully saturated rings. The highest BCUT2D eigenvalue weighted by molar-refractivity contribution is 6.43. The van der Waals surface area contributed by atoms with Crippen molar-refractivity contribution in [3.05, 3.63) is 80.2 Å². The Morgan fingerprint density at radius 2 is 1.89 bits per heavy atom. The van der Waals surface area contributed by atoms with E-state index in [0.29, 0.717) is 29.1 Å². The zero-order chi connectivity index (χ0) is 26.9. The van der Waals surface area contributed by atoms with E-state index in [2.05, 4.69) is 5.32 Å². The maximum atomic E-state index is 14.1. The molecule has 3 aliphatic rings. The number of rotatable bonds is 3. The maximum Gasteiger partial charge on any atom is 0.339 e. The summed E-state index contributed by atoms with van der Waals surface area (Å²) in [4.78, 5) is 43.4. The Morgan fingerprint density at radius 1 is 1.16 bits per heavy atom. The predicted octanol–water partition coefficient (Wildman–Crippen LogP) is 5.39. The molecule has 192 valence electrons. The van der Waals surface area contributed by atoms with Gasteiger partial charge in [-0.05, 0) is 43.9 Å². The van der Waals surface area contributed by atoms with Crippen LogP contribution in [0.5, 0.6) is 0 Å². The van der Waals surface area contributed by atoms with Crippen molar-refractivity contribution in [2.24, 2.45) is 11.1 Å². The number of Topliss-reactive ketones (excluding diaryl/α,β-unsaturated/α-hetero) is 1. The second-order valence-electron chi connectivity index (χ2n) is 10.4. The second kappa shape index (κ2) is 8.64. The van der Waals surface area contributed by atoms with Crippen LogP contribution < -0.4 is 16.0 Å². The number of carbonyl (C=O) groups excluding carboxylic acids is 3. The van der Waals surface area contributed by atoms with E-state index < -0.39 is 22.7 Å². The van der Waals surface area contributed by atoms with Crippen molar-refractivity contribution in [1.82, 2.24) is 0 Å². The van der Waals surface area contributed by atoms with E-state index in [0.717, 1.165) is 5.56 Å². The number of nitrogens with two attached hydrogens (primary N) is 1. The van der Waals surface area contributed by atoms with Gasteiger partial charge in [0.1, 0.15) is 16.8 Å². The van der Waals surface area contributed by atoms with Crippen molar-refractivity contribution in [1.29, 1.82) is 0 Å². The van der Waals surface area contributed by atoms with E-state index in [4.69, 9.17) is 33.7 Å². The third-order valence-electron chi connectivity index (χ3n) is 7.19. The van der Waals surface area contributed by atoms with Gasteiger partial charge >= 0.3 is 5.97 Å². The Morgan fingerprint density at radius 3 is 2.59 bits per heavy atom. The summed E-state index contributed by atoms with van der Waals surface area (Å²) in [7, 11) is 0. The molecule has 1 amide bonds. The number of amides is 1. The number of esters is 1. The van der Waals surface area contributed by atoms with Gasteiger partial charge in [0.25, 0.3) is 0 Å². The lowest BCUT2D eigenvalue weighted by atomic mass is 9.60. The number of ketones is 1. The minimum atomic E-state index is -1.76. The van der Waals surface area contributed by atoms with E-state index >= 15 is 0 Å². The molecule has 0 saturated carbocycles. The number of carbonyl (C=O) groups is 3. The molecule has 1 unspecified atom stereocenters. The molecule has 37 heavy (non-hydrogen) atoms. The van der Waals surface area contributed by atoms with Gasteiger partial charge in [0, 0.05) is 28.9 Å². The van der Waals surface area contributed by atoms with Crippen molar-refractivity contribution in [2.75, 3.05) is 16.8 Å². The number of anilines is 2. The molecule has 0 aromatic heterocycles. The third kappa shape index (κ3) is 3.59. The molecular formula is C28H27Cl2N3O4. The van der Waals surface area contributed by atoms with E-state index in [1.165, 1.54) is 0 Å². The van der Waals surface area contributed by atoms with E-state index in [1.54, 1.807) is 36.1 Å². The van der Waals surface area contributed by atoms with Crippen LogP contribution >= 0.6 is 23.2 Å². The summed E-state index contributed by atoms with van der Waals surface area (Å²) in [6, 6.07) is 10.5. The molecule has 0 radical (unpaired) electrons. The molecule has 2 aromatic rings. The van der Waals surface area contributed by atoms with Gasteiger partial charge in [-0.2, -0.15) is 0 Å². The van der Waals surface area contributed by atoms with Crippen LogP contribution in [-0.2, 0) is 24.5 Å². The Kier molecular flexibility index (Phi) is 5.92. The summed E-state index contributed by atoms with van der Waals surface area (Å²) in [5.41, 5.74) is 7.54. The number of hydrogen-bond acceptors (Lipinski definition) is 6. The van der Waals surface area contributed by atoms with E-state index in [1.807, 2.05) is 32.9 Å². The summed E-state index contributed by atoms with van der Waals surface area (Å²) >= 11 is 13.0. The van der Waals surface area contributed by atoms with E-state index in [-0.39, 0.29) is 45.8 Å². The maximum absolute atomic E-state index is 14.1. The van der Waals surface area contributed by atoms with Gasteiger partial charge in [-0.3, -0.25) is 14.5 Å². The zero-order valence-electron chi connectivity index (χ0n) is 21.0. The first kappa shape index (κ1) is 25.4. The molecule has 5 rings (SSSR count). The Bertz CT molecular complexity index is 1460. The molecule has 9 heteroatoms. The lowest BCUT2D eigenvalue weighted by molar-refractivity contribution is -0.140. The number of allylic oxidation sites excluding steroid dienone is 1. The minimum absolute atomic E-state index is 0.0311. The first-order valence-corrected chi connectivity index (χ1v) is 12.8. The van der Waals surface area contributed by atoms with Crippen LogP contribution in [0.3, 0.4) is 0 Å². The van der Waals surface area contributed by atoms with Gasteiger partial charge in [-0.25, -0.2) is 4.79 Å². The van der Waals surface area contributed by atoms with Crippen LogP contribution in [0, 0.1) is 12.3 Å². The number of benzene rings is 2. The van der Waals surface area contributed by atoms with E-state index in [9.17, 15) is 14.4 Å². The predicted molar refractivity (Wildman–Crippen MR) is 143 cm³/mol.